The number of fused-ring (bicyclic) bond motifs is 1. The molecule has 2 N–H and O–H groups in total. The zero-order chi connectivity index (χ0) is 19.1. The monoisotopic (exact) mass is 378 g/mol. The summed E-state index contributed by atoms with van der Waals surface area (Å²) in [5.41, 5.74) is 9.54. The van der Waals surface area contributed by atoms with Gasteiger partial charge in [0.1, 0.15) is 12.1 Å². The van der Waals surface area contributed by atoms with Crippen molar-refractivity contribution in [2.24, 2.45) is 0 Å². The summed E-state index contributed by atoms with van der Waals surface area (Å²) in [7, 11) is 0. The van der Waals surface area contributed by atoms with Gasteiger partial charge < -0.3 is 15.5 Å². The number of nitrogens with two attached hydrogens (primary N) is 1. The summed E-state index contributed by atoms with van der Waals surface area (Å²) in [5.74, 6) is 1.41. The van der Waals surface area contributed by atoms with Crippen LogP contribution in [0.5, 0.6) is 0 Å². The molecule has 8 nitrogen and oxygen atoms in total. The quantitative estimate of drug-likeness (QED) is 0.744. The van der Waals surface area contributed by atoms with Crippen LogP contribution in [0.3, 0.4) is 0 Å². The van der Waals surface area contributed by atoms with Gasteiger partial charge in [-0.1, -0.05) is 0 Å². The molecule has 5 heterocycles. The van der Waals surface area contributed by atoms with Crippen LogP contribution in [0.4, 0.5) is 11.6 Å². The number of nitrogen functional groups attached to an aromatic ring is 1. The Kier molecular flexibility index (Phi) is 4.35. The third-order valence-electron chi connectivity index (χ3n) is 5.88. The summed E-state index contributed by atoms with van der Waals surface area (Å²) in [6, 6.07) is 2.56. The minimum absolute atomic E-state index is 0.442. The fraction of sp³-hybridized carbons (Fsp3) is 0.500. The van der Waals surface area contributed by atoms with E-state index in [4.69, 9.17) is 5.73 Å². The molecule has 0 bridgehead atoms. The maximum absolute atomic E-state index is 6.22. The van der Waals surface area contributed by atoms with Crippen LogP contribution in [0.2, 0.25) is 0 Å². The molecule has 5 rings (SSSR count). The number of hydrogen-bond donors (Lipinski definition) is 1. The Hall–Kier alpha value is -2.74. The van der Waals surface area contributed by atoms with Crippen molar-refractivity contribution in [3.63, 3.8) is 0 Å². The van der Waals surface area contributed by atoms with Crippen LogP contribution in [0.1, 0.15) is 31.2 Å². The van der Waals surface area contributed by atoms with Crippen molar-refractivity contribution in [1.82, 2.24) is 29.5 Å². The molecule has 3 aromatic rings. The molecule has 2 aliphatic rings. The van der Waals surface area contributed by atoms with Crippen LogP contribution in [0.15, 0.2) is 24.8 Å². The van der Waals surface area contributed by atoms with E-state index in [1.54, 1.807) is 10.8 Å². The smallest absolute Gasteiger partial charge is 0.166 e. The number of anilines is 2. The highest BCUT2D eigenvalue weighted by molar-refractivity contribution is 5.85. The van der Waals surface area contributed by atoms with Crippen molar-refractivity contribution in [3.05, 3.63) is 30.4 Å². The minimum atomic E-state index is 0.442. The Balaban J connectivity index is 1.47. The molecule has 2 saturated heterocycles. The average Bonchev–Trinajstić information content (AvgIpc) is 3.42. The van der Waals surface area contributed by atoms with E-state index >= 15 is 0 Å². The number of nitrogens with zero attached hydrogens (tertiary/aromatic N) is 7. The molecule has 0 amide bonds. The Labute approximate surface area is 164 Å². The third-order valence-corrected chi connectivity index (χ3v) is 5.88. The van der Waals surface area contributed by atoms with Crippen LogP contribution < -0.4 is 10.6 Å². The van der Waals surface area contributed by atoms with Gasteiger partial charge in [-0.3, -0.25) is 0 Å². The van der Waals surface area contributed by atoms with Crippen molar-refractivity contribution in [2.75, 3.05) is 36.8 Å². The fourth-order valence-electron chi connectivity index (χ4n) is 4.52. The molecule has 1 atom stereocenters. The van der Waals surface area contributed by atoms with Gasteiger partial charge in [0.2, 0.25) is 0 Å². The Bertz CT molecular complexity index is 991. The molecule has 0 aromatic carbocycles. The Morgan fingerprint density at radius 1 is 1.11 bits per heavy atom. The normalized spacial score (nSPS) is 20.5. The summed E-state index contributed by atoms with van der Waals surface area (Å²) < 4.78 is 1.73. The summed E-state index contributed by atoms with van der Waals surface area (Å²) in [6.45, 7) is 6.60. The first-order valence-electron chi connectivity index (χ1n) is 10.1. The van der Waals surface area contributed by atoms with Crippen LogP contribution in [0.25, 0.3) is 16.9 Å². The van der Waals surface area contributed by atoms with E-state index < -0.39 is 0 Å². The van der Waals surface area contributed by atoms with E-state index in [9.17, 15) is 0 Å². The van der Waals surface area contributed by atoms with Gasteiger partial charge in [0.25, 0.3) is 0 Å². The second kappa shape index (κ2) is 7.01. The maximum atomic E-state index is 6.22. The first kappa shape index (κ1) is 17.4. The van der Waals surface area contributed by atoms with E-state index in [2.05, 4.69) is 29.9 Å². The molecular formula is C20H26N8. The fourth-order valence-corrected chi connectivity index (χ4v) is 4.52. The molecule has 8 heteroatoms. The van der Waals surface area contributed by atoms with Crippen LogP contribution in [-0.2, 0) is 0 Å². The highest BCUT2D eigenvalue weighted by Crippen LogP contribution is 2.31. The SMILES string of the molecule is Cc1cnc2c(-c3cc(N4CCC[C@H]4CN4CCCC4)ncn3)c(N)nn2c1. The number of likely N-dealkylation sites (tertiary alicyclic amines) is 1. The lowest BCUT2D eigenvalue weighted by Crippen LogP contribution is -2.39. The van der Waals surface area contributed by atoms with Crippen LogP contribution in [-0.4, -0.2) is 61.7 Å². The lowest BCUT2D eigenvalue weighted by Gasteiger charge is -2.29. The predicted molar refractivity (Wildman–Crippen MR) is 109 cm³/mol. The Morgan fingerprint density at radius 2 is 1.96 bits per heavy atom. The number of aromatic nitrogens is 5. The molecule has 0 saturated carbocycles. The van der Waals surface area contributed by atoms with Gasteiger partial charge in [-0.2, -0.15) is 0 Å². The largest absolute Gasteiger partial charge is 0.382 e. The van der Waals surface area contributed by atoms with Crippen molar-refractivity contribution < 1.29 is 0 Å². The molecule has 0 aliphatic carbocycles. The summed E-state index contributed by atoms with van der Waals surface area (Å²) in [4.78, 5) is 18.6. The molecule has 28 heavy (non-hydrogen) atoms. The highest BCUT2D eigenvalue weighted by atomic mass is 15.3. The summed E-state index contributed by atoms with van der Waals surface area (Å²) >= 11 is 0. The van der Waals surface area contributed by atoms with Gasteiger partial charge in [0, 0.05) is 37.6 Å². The second-order valence-electron chi connectivity index (χ2n) is 7.92. The second-order valence-corrected chi connectivity index (χ2v) is 7.92. The van der Waals surface area contributed by atoms with Gasteiger partial charge in [0.15, 0.2) is 11.5 Å². The number of rotatable bonds is 4. The zero-order valence-electron chi connectivity index (χ0n) is 16.3. The topological polar surface area (TPSA) is 88.5 Å². The molecular weight excluding hydrogens is 352 g/mol. The number of hydrogen-bond acceptors (Lipinski definition) is 7. The van der Waals surface area contributed by atoms with E-state index in [1.807, 2.05) is 25.4 Å². The molecule has 0 spiro atoms. The molecule has 2 fully saturated rings. The zero-order valence-corrected chi connectivity index (χ0v) is 16.3. The predicted octanol–water partition coefficient (Wildman–Crippen LogP) is 2.14. The van der Waals surface area contributed by atoms with Gasteiger partial charge >= 0.3 is 0 Å². The molecule has 0 radical (unpaired) electrons. The first-order chi connectivity index (χ1) is 13.7. The summed E-state index contributed by atoms with van der Waals surface area (Å²) in [6.07, 6.45) is 10.5. The maximum Gasteiger partial charge on any atom is 0.166 e. The number of aryl methyl sites for hydroxylation is 1. The highest BCUT2D eigenvalue weighted by Gasteiger charge is 2.29. The molecule has 2 aliphatic heterocycles. The molecule has 146 valence electrons. The van der Waals surface area contributed by atoms with Crippen LogP contribution in [0, 0.1) is 6.92 Å². The van der Waals surface area contributed by atoms with Gasteiger partial charge in [-0.15, -0.1) is 5.10 Å². The Morgan fingerprint density at radius 3 is 2.82 bits per heavy atom. The van der Waals surface area contributed by atoms with Crippen molar-refractivity contribution in [2.45, 2.75) is 38.6 Å². The van der Waals surface area contributed by atoms with E-state index in [-0.39, 0.29) is 0 Å². The lowest BCUT2D eigenvalue weighted by molar-refractivity contribution is 0.313. The summed E-state index contributed by atoms with van der Waals surface area (Å²) in [5, 5.41) is 4.41. The van der Waals surface area contributed by atoms with Gasteiger partial charge in [-0.25, -0.2) is 19.5 Å². The first-order valence-corrected chi connectivity index (χ1v) is 10.1. The van der Waals surface area contributed by atoms with Gasteiger partial charge in [-0.05, 0) is 51.3 Å². The third kappa shape index (κ3) is 3.07. The minimum Gasteiger partial charge on any atom is -0.382 e. The van der Waals surface area contributed by atoms with Crippen molar-refractivity contribution in [1.29, 1.82) is 0 Å². The average molecular weight is 378 g/mol. The van der Waals surface area contributed by atoms with Crippen molar-refractivity contribution in [3.8, 4) is 11.3 Å². The van der Waals surface area contributed by atoms with Crippen LogP contribution >= 0.6 is 0 Å². The molecule has 3 aromatic heterocycles. The standard InChI is InChI=1S/C20H26N8/c1-14-10-22-20-18(19(21)25-28(20)11-14)16-9-17(24-13-23-16)27-8-4-5-15(27)12-26-6-2-3-7-26/h9-11,13,15H,2-8,12H2,1H3,(H2,21,25)/t15-/m0/s1. The van der Waals surface area contributed by atoms with Crippen molar-refractivity contribution >= 4 is 17.3 Å². The van der Waals surface area contributed by atoms with E-state index in [1.165, 1.54) is 38.8 Å². The lowest BCUT2D eigenvalue weighted by atomic mass is 10.2. The van der Waals surface area contributed by atoms with E-state index in [0.29, 0.717) is 11.9 Å². The van der Waals surface area contributed by atoms with E-state index in [0.717, 1.165) is 41.4 Å². The van der Waals surface area contributed by atoms with Gasteiger partial charge in [0.05, 0.1) is 11.3 Å². The molecule has 0 unspecified atom stereocenters.